The molecule has 6 heteroatoms. The smallest absolute Gasteiger partial charge is 0.410 e. The van der Waals surface area contributed by atoms with Crippen molar-refractivity contribution in [2.75, 3.05) is 18.4 Å². The van der Waals surface area contributed by atoms with Crippen LogP contribution in [0.2, 0.25) is 0 Å². The minimum absolute atomic E-state index is 0.305. The number of nitrogens with zero attached hydrogens (tertiary/aromatic N) is 2. The van der Waals surface area contributed by atoms with Crippen molar-refractivity contribution >= 4 is 27.7 Å². The molecule has 0 spiro atoms. The molecule has 0 bridgehead atoms. The van der Waals surface area contributed by atoms with Crippen LogP contribution in [0, 0.1) is 11.3 Å². The molecule has 0 radical (unpaired) electrons. The third-order valence-electron chi connectivity index (χ3n) is 3.61. The van der Waals surface area contributed by atoms with Gasteiger partial charge in [-0.2, -0.15) is 5.26 Å². The lowest BCUT2D eigenvalue weighted by molar-refractivity contribution is 0.0181. The van der Waals surface area contributed by atoms with Crippen molar-refractivity contribution < 1.29 is 9.53 Å². The van der Waals surface area contributed by atoms with Gasteiger partial charge in [-0.3, -0.25) is 0 Å². The minimum atomic E-state index is -0.807. The summed E-state index contributed by atoms with van der Waals surface area (Å²) in [5.74, 6) is 0. The van der Waals surface area contributed by atoms with Gasteiger partial charge in [-0.05, 0) is 61.7 Å². The average molecular weight is 380 g/mol. The third kappa shape index (κ3) is 4.61. The van der Waals surface area contributed by atoms with Gasteiger partial charge in [-0.25, -0.2) is 4.79 Å². The number of para-hydroxylation sites is 1. The molecule has 1 aliphatic rings. The van der Waals surface area contributed by atoms with Gasteiger partial charge in [0.1, 0.15) is 11.1 Å². The fraction of sp³-hybridized carbons (Fsp3) is 0.529. The Hall–Kier alpha value is -1.74. The molecular weight excluding hydrogens is 358 g/mol. The summed E-state index contributed by atoms with van der Waals surface area (Å²) in [5.41, 5.74) is -0.501. The van der Waals surface area contributed by atoms with Gasteiger partial charge in [0.25, 0.3) is 0 Å². The SMILES string of the molecule is CC(C)(C)OC(=O)N1CCCC(C#N)(Nc2ccccc2Br)C1. The number of amides is 1. The van der Waals surface area contributed by atoms with Gasteiger partial charge >= 0.3 is 6.09 Å². The molecule has 1 aromatic rings. The van der Waals surface area contributed by atoms with E-state index in [1.54, 1.807) is 4.90 Å². The van der Waals surface area contributed by atoms with E-state index in [2.05, 4.69) is 27.3 Å². The summed E-state index contributed by atoms with van der Waals surface area (Å²) in [5, 5.41) is 13.0. The second kappa shape index (κ2) is 6.79. The first-order valence-electron chi connectivity index (χ1n) is 7.67. The molecule has 1 heterocycles. The first-order chi connectivity index (χ1) is 10.7. The molecule has 0 aliphatic carbocycles. The number of nitriles is 1. The highest BCUT2D eigenvalue weighted by Gasteiger charge is 2.39. The maximum atomic E-state index is 12.3. The van der Waals surface area contributed by atoms with E-state index in [4.69, 9.17) is 4.74 Å². The normalized spacial score (nSPS) is 21.4. The molecule has 1 fully saturated rings. The summed E-state index contributed by atoms with van der Waals surface area (Å²) in [4.78, 5) is 13.9. The maximum absolute atomic E-state index is 12.3. The molecular formula is C17H22BrN3O2. The van der Waals surface area contributed by atoms with Crippen molar-refractivity contribution in [1.82, 2.24) is 4.90 Å². The highest BCUT2D eigenvalue weighted by Crippen LogP contribution is 2.30. The standard InChI is InChI=1S/C17H22BrN3O2/c1-16(2,3)23-15(22)21-10-6-9-17(11-19,12-21)20-14-8-5-4-7-13(14)18/h4-5,7-8,20H,6,9-10,12H2,1-3H3. The molecule has 124 valence electrons. The number of anilines is 1. The number of carbonyl (C=O) groups is 1. The molecule has 1 unspecified atom stereocenters. The number of rotatable bonds is 2. The van der Waals surface area contributed by atoms with Crippen molar-refractivity contribution in [2.45, 2.75) is 44.8 Å². The van der Waals surface area contributed by atoms with Crippen molar-refractivity contribution in [3.05, 3.63) is 28.7 Å². The fourth-order valence-corrected chi connectivity index (χ4v) is 2.96. The second-order valence-corrected chi connectivity index (χ2v) is 7.66. The van der Waals surface area contributed by atoms with E-state index in [1.807, 2.05) is 45.0 Å². The average Bonchev–Trinajstić information content (AvgIpc) is 2.48. The van der Waals surface area contributed by atoms with Crippen molar-refractivity contribution in [3.8, 4) is 6.07 Å². The Morgan fingerprint density at radius 2 is 2.13 bits per heavy atom. The molecule has 1 saturated heterocycles. The molecule has 0 saturated carbocycles. The van der Waals surface area contributed by atoms with Crippen LogP contribution in [-0.4, -0.2) is 35.2 Å². The van der Waals surface area contributed by atoms with E-state index >= 15 is 0 Å². The van der Waals surface area contributed by atoms with Gasteiger partial charge in [0, 0.05) is 16.7 Å². The molecule has 0 aromatic heterocycles. The quantitative estimate of drug-likeness (QED) is 0.837. The monoisotopic (exact) mass is 379 g/mol. The number of hydrogen-bond donors (Lipinski definition) is 1. The van der Waals surface area contributed by atoms with Crippen molar-refractivity contribution in [3.63, 3.8) is 0 Å². The third-order valence-corrected chi connectivity index (χ3v) is 4.30. The molecule has 23 heavy (non-hydrogen) atoms. The molecule has 5 nitrogen and oxygen atoms in total. The molecule has 1 atom stereocenters. The van der Waals surface area contributed by atoms with E-state index in [1.165, 1.54) is 0 Å². The lowest BCUT2D eigenvalue weighted by Gasteiger charge is -2.39. The lowest BCUT2D eigenvalue weighted by Crippen LogP contribution is -2.54. The Labute approximate surface area is 145 Å². The van der Waals surface area contributed by atoms with E-state index in [0.717, 1.165) is 16.6 Å². The maximum Gasteiger partial charge on any atom is 0.410 e. The summed E-state index contributed by atoms with van der Waals surface area (Å²) in [6, 6.07) is 10.0. The van der Waals surface area contributed by atoms with E-state index in [-0.39, 0.29) is 6.09 Å². The van der Waals surface area contributed by atoms with Crippen LogP contribution in [0.1, 0.15) is 33.6 Å². The Bertz CT molecular complexity index is 621. The molecule has 1 aromatic carbocycles. The number of likely N-dealkylation sites (tertiary alicyclic amines) is 1. The zero-order chi connectivity index (χ0) is 17.1. The van der Waals surface area contributed by atoms with Crippen LogP contribution < -0.4 is 5.32 Å². The molecule has 1 N–H and O–H groups in total. The zero-order valence-electron chi connectivity index (χ0n) is 13.7. The van der Waals surface area contributed by atoms with Crippen LogP contribution in [0.5, 0.6) is 0 Å². The molecule has 1 amide bonds. The summed E-state index contributed by atoms with van der Waals surface area (Å²) in [6.45, 7) is 6.43. The van der Waals surface area contributed by atoms with Crippen LogP contribution in [0.4, 0.5) is 10.5 Å². The Kier molecular flexibility index (Phi) is 5.20. The minimum Gasteiger partial charge on any atom is -0.444 e. The topological polar surface area (TPSA) is 65.4 Å². The number of carbonyl (C=O) groups excluding carboxylic acids is 1. The number of hydrogen-bond acceptors (Lipinski definition) is 4. The van der Waals surface area contributed by atoms with Crippen molar-refractivity contribution in [1.29, 1.82) is 5.26 Å². The van der Waals surface area contributed by atoms with Gasteiger partial charge in [-0.1, -0.05) is 12.1 Å². The first kappa shape index (κ1) is 17.6. The highest BCUT2D eigenvalue weighted by molar-refractivity contribution is 9.10. The van der Waals surface area contributed by atoms with Gasteiger partial charge in [-0.15, -0.1) is 0 Å². The zero-order valence-corrected chi connectivity index (χ0v) is 15.3. The lowest BCUT2D eigenvalue weighted by atomic mass is 9.90. The second-order valence-electron chi connectivity index (χ2n) is 6.80. The van der Waals surface area contributed by atoms with Crippen LogP contribution in [-0.2, 0) is 4.74 Å². The summed E-state index contributed by atoms with van der Waals surface area (Å²) in [7, 11) is 0. The molecule has 2 rings (SSSR count). The number of nitrogens with one attached hydrogen (secondary N) is 1. The number of piperidine rings is 1. The summed E-state index contributed by atoms with van der Waals surface area (Å²) in [6.07, 6.45) is 1.07. The van der Waals surface area contributed by atoms with Gasteiger partial charge in [0.15, 0.2) is 0 Å². The van der Waals surface area contributed by atoms with Crippen LogP contribution in [0.25, 0.3) is 0 Å². The number of benzene rings is 1. The number of ether oxygens (including phenoxy) is 1. The first-order valence-corrected chi connectivity index (χ1v) is 8.46. The van der Waals surface area contributed by atoms with E-state index in [9.17, 15) is 10.1 Å². The predicted octanol–water partition coefficient (Wildman–Crippen LogP) is 4.15. The largest absolute Gasteiger partial charge is 0.444 e. The van der Waals surface area contributed by atoms with Gasteiger partial charge in [0.2, 0.25) is 0 Å². The van der Waals surface area contributed by atoms with E-state index in [0.29, 0.717) is 19.5 Å². The Morgan fingerprint density at radius 3 is 2.74 bits per heavy atom. The Morgan fingerprint density at radius 1 is 1.43 bits per heavy atom. The molecule has 1 aliphatic heterocycles. The predicted molar refractivity (Wildman–Crippen MR) is 93.1 cm³/mol. The van der Waals surface area contributed by atoms with Gasteiger partial charge < -0.3 is 15.0 Å². The van der Waals surface area contributed by atoms with E-state index < -0.39 is 11.1 Å². The van der Waals surface area contributed by atoms with Crippen LogP contribution >= 0.6 is 15.9 Å². The van der Waals surface area contributed by atoms with Crippen LogP contribution in [0.15, 0.2) is 28.7 Å². The summed E-state index contributed by atoms with van der Waals surface area (Å²) >= 11 is 3.48. The number of halogens is 1. The summed E-state index contributed by atoms with van der Waals surface area (Å²) < 4.78 is 6.32. The highest BCUT2D eigenvalue weighted by atomic mass is 79.9. The fourth-order valence-electron chi connectivity index (χ4n) is 2.58. The van der Waals surface area contributed by atoms with Gasteiger partial charge in [0.05, 0.1) is 12.6 Å². The Balaban J connectivity index is 2.15. The van der Waals surface area contributed by atoms with Crippen LogP contribution in [0.3, 0.4) is 0 Å². The van der Waals surface area contributed by atoms with Crippen molar-refractivity contribution in [2.24, 2.45) is 0 Å².